The number of alkyl halides is 3. The number of hydrogen-bond donors (Lipinski definition) is 0. The highest BCUT2D eigenvalue weighted by molar-refractivity contribution is 8.13. The van der Waals surface area contributed by atoms with Crippen molar-refractivity contribution >= 4 is 46.2 Å². The Hall–Kier alpha value is -0.650. The smallest absolute Gasteiger partial charge is 0.288 e. The zero-order chi connectivity index (χ0) is 14.6. The molecule has 0 N–H and O–H groups in total. The van der Waals surface area contributed by atoms with Crippen LogP contribution in [0.4, 0.5) is 13.2 Å². The van der Waals surface area contributed by atoms with Gasteiger partial charge >= 0.3 is 6.18 Å². The van der Waals surface area contributed by atoms with Gasteiger partial charge in [0.1, 0.15) is 0 Å². The van der Waals surface area contributed by atoms with E-state index in [1.807, 2.05) is 0 Å². The molecule has 0 spiro atoms. The van der Waals surface area contributed by atoms with E-state index in [0.717, 1.165) is 23.9 Å². The predicted molar refractivity (Wildman–Crippen MR) is 73.6 cm³/mol. The van der Waals surface area contributed by atoms with Crippen molar-refractivity contribution in [2.75, 3.05) is 5.75 Å². The maximum atomic E-state index is 12.5. The molecule has 0 amide bonds. The minimum absolute atomic E-state index is 0.0470. The predicted octanol–water partition coefficient (Wildman–Crippen LogP) is 5.31. The normalized spacial score (nSPS) is 12.1. The van der Waals surface area contributed by atoms with Crippen LogP contribution in [0.2, 0.25) is 10.0 Å². The summed E-state index contributed by atoms with van der Waals surface area (Å²) in [5, 5.41) is -0.206. The molecule has 0 radical (unpaired) electrons. The van der Waals surface area contributed by atoms with Gasteiger partial charge in [0, 0.05) is 28.3 Å². The molecule has 0 aliphatic carbocycles. The Balaban J connectivity index is 2.95. The molecule has 0 fully saturated rings. The van der Waals surface area contributed by atoms with Gasteiger partial charge in [0.2, 0.25) is 0 Å². The van der Waals surface area contributed by atoms with Crippen LogP contribution in [-0.2, 0) is 11.0 Å². The number of halogens is 5. The largest absolute Gasteiger partial charge is 0.416 e. The highest BCUT2D eigenvalue weighted by atomic mass is 35.5. The number of carbonyl (C=O) groups excluding carboxylic acids is 1. The minimum Gasteiger partial charge on any atom is -0.288 e. The van der Waals surface area contributed by atoms with Crippen molar-refractivity contribution in [1.29, 1.82) is 0 Å². The van der Waals surface area contributed by atoms with Crippen LogP contribution in [0.25, 0.3) is 6.08 Å². The maximum absolute atomic E-state index is 12.5. The highest BCUT2D eigenvalue weighted by Crippen LogP contribution is 2.36. The molecule has 0 heterocycles. The van der Waals surface area contributed by atoms with E-state index >= 15 is 0 Å². The third-order valence-electron chi connectivity index (χ3n) is 2.07. The lowest BCUT2D eigenvalue weighted by molar-refractivity contribution is -0.137. The fourth-order valence-electron chi connectivity index (χ4n) is 1.24. The van der Waals surface area contributed by atoms with Crippen LogP contribution in [0.3, 0.4) is 0 Å². The lowest BCUT2D eigenvalue weighted by Gasteiger charge is -2.10. The molecule has 104 valence electrons. The van der Waals surface area contributed by atoms with Crippen molar-refractivity contribution in [2.24, 2.45) is 0 Å². The summed E-state index contributed by atoms with van der Waals surface area (Å²) in [6, 6.07) is 1.65. The van der Waals surface area contributed by atoms with Crippen molar-refractivity contribution in [3.8, 4) is 0 Å². The van der Waals surface area contributed by atoms with E-state index in [4.69, 9.17) is 23.2 Å². The van der Waals surface area contributed by atoms with Gasteiger partial charge in [-0.25, -0.2) is 0 Å². The molecule has 1 nitrogen and oxygen atoms in total. The Kier molecular flexibility index (Phi) is 5.77. The molecule has 19 heavy (non-hydrogen) atoms. The van der Waals surface area contributed by atoms with E-state index in [1.165, 1.54) is 13.0 Å². The van der Waals surface area contributed by atoms with Crippen LogP contribution in [0.15, 0.2) is 18.2 Å². The van der Waals surface area contributed by atoms with Crippen molar-refractivity contribution in [3.05, 3.63) is 39.4 Å². The fraction of sp³-hybridized carbons (Fsp3) is 0.250. The summed E-state index contributed by atoms with van der Waals surface area (Å²) in [7, 11) is 0. The summed E-state index contributed by atoms with van der Waals surface area (Å²) in [5.74, 6) is 0.406. The molecule has 7 heteroatoms. The lowest BCUT2D eigenvalue weighted by Crippen LogP contribution is -2.05. The average Bonchev–Trinajstić information content (AvgIpc) is 2.25. The maximum Gasteiger partial charge on any atom is 0.416 e. The lowest BCUT2D eigenvalue weighted by atomic mass is 10.1. The van der Waals surface area contributed by atoms with Crippen molar-refractivity contribution in [2.45, 2.75) is 13.1 Å². The van der Waals surface area contributed by atoms with Gasteiger partial charge in [-0.1, -0.05) is 47.1 Å². The topological polar surface area (TPSA) is 17.1 Å². The molecule has 1 aromatic rings. The van der Waals surface area contributed by atoms with Gasteiger partial charge in [0.05, 0.1) is 5.56 Å². The van der Waals surface area contributed by atoms with E-state index in [0.29, 0.717) is 11.3 Å². The minimum atomic E-state index is -4.49. The summed E-state index contributed by atoms with van der Waals surface area (Å²) in [6.07, 6.45) is -1.37. The second-order valence-electron chi connectivity index (χ2n) is 3.56. The first kappa shape index (κ1) is 16.4. The van der Waals surface area contributed by atoms with E-state index in [9.17, 15) is 18.0 Å². The van der Waals surface area contributed by atoms with Gasteiger partial charge in [-0.2, -0.15) is 13.2 Å². The molecule has 0 bridgehead atoms. The van der Waals surface area contributed by atoms with Gasteiger partial charge in [-0.05, 0) is 12.1 Å². The van der Waals surface area contributed by atoms with Crippen LogP contribution in [0.5, 0.6) is 0 Å². The molecule has 0 aliphatic rings. The Morgan fingerprint density at radius 3 is 2.26 bits per heavy atom. The van der Waals surface area contributed by atoms with Crippen molar-refractivity contribution < 1.29 is 18.0 Å². The van der Waals surface area contributed by atoms with Gasteiger partial charge in [0.15, 0.2) is 5.12 Å². The van der Waals surface area contributed by atoms with Gasteiger partial charge in [0.25, 0.3) is 0 Å². The summed E-state index contributed by atoms with van der Waals surface area (Å²) in [4.78, 5) is 10.7. The highest BCUT2D eigenvalue weighted by Gasteiger charge is 2.31. The zero-order valence-corrected chi connectivity index (χ0v) is 12.1. The van der Waals surface area contributed by atoms with Gasteiger partial charge < -0.3 is 0 Å². The third kappa shape index (κ3) is 5.09. The van der Waals surface area contributed by atoms with E-state index < -0.39 is 11.7 Å². The molecule has 0 aliphatic heterocycles. The van der Waals surface area contributed by atoms with E-state index in [2.05, 4.69) is 0 Å². The van der Waals surface area contributed by atoms with Crippen LogP contribution in [0, 0.1) is 0 Å². The van der Waals surface area contributed by atoms with Crippen molar-refractivity contribution in [1.82, 2.24) is 0 Å². The second kappa shape index (κ2) is 6.68. The second-order valence-corrected chi connectivity index (χ2v) is 5.57. The third-order valence-corrected chi connectivity index (χ3v) is 3.46. The molecule has 0 saturated carbocycles. The molecule has 0 atom stereocenters. The number of hydrogen-bond acceptors (Lipinski definition) is 2. The van der Waals surface area contributed by atoms with E-state index in [1.54, 1.807) is 6.08 Å². The molecule has 1 aromatic carbocycles. The number of rotatable bonds is 3. The Labute approximate surface area is 122 Å². The number of carbonyl (C=O) groups is 1. The first-order chi connectivity index (χ1) is 8.71. The quantitative estimate of drug-likeness (QED) is 0.748. The van der Waals surface area contributed by atoms with Crippen LogP contribution >= 0.6 is 35.0 Å². The SMILES string of the molecule is CC(=O)SCC=Cc1c(Cl)cc(C(F)(F)F)cc1Cl. The van der Waals surface area contributed by atoms with Gasteiger partial charge in [-0.3, -0.25) is 4.79 Å². The standard InChI is InChI=1S/C12H9Cl2F3OS/c1-7(18)19-4-2-3-9-10(13)5-8(6-11(9)14)12(15,16)17/h2-3,5-6H,4H2,1H3. The fourth-order valence-corrected chi connectivity index (χ4v) is 2.28. The number of benzene rings is 1. The van der Waals surface area contributed by atoms with Gasteiger partial charge in [-0.15, -0.1) is 0 Å². The van der Waals surface area contributed by atoms with E-state index in [-0.39, 0.29) is 15.2 Å². The summed E-state index contributed by atoms with van der Waals surface area (Å²) < 4.78 is 37.5. The Morgan fingerprint density at radius 1 is 1.32 bits per heavy atom. The summed E-state index contributed by atoms with van der Waals surface area (Å²) in [6.45, 7) is 1.43. The Morgan fingerprint density at radius 2 is 1.84 bits per heavy atom. The molecule has 0 aromatic heterocycles. The van der Waals surface area contributed by atoms with Crippen LogP contribution in [0.1, 0.15) is 18.1 Å². The zero-order valence-electron chi connectivity index (χ0n) is 9.72. The monoisotopic (exact) mass is 328 g/mol. The molecule has 1 rings (SSSR count). The summed E-state index contributed by atoms with van der Waals surface area (Å²) >= 11 is 12.6. The molecule has 0 unspecified atom stereocenters. The van der Waals surface area contributed by atoms with Crippen molar-refractivity contribution in [3.63, 3.8) is 0 Å². The molecular formula is C12H9Cl2F3OS. The first-order valence-electron chi connectivity index (χ1n) is 5.08. The molecular weight excluding hydrogens is 320 g/mol. The number of thioether (sulfide) groups is 1. The average molecular weight is 329 g/mol. The molecule has 0 saturated heterocycles. The first-order valence-corrected chi connectivity index (χ1v) is 6.82. The van der Waals surface area contributed by atoms with Crippen LogP contribution < -0.4 is 0 Å². The Bertz CT molecular complexity index is 489. The summed E-state index contributed by atoms with van der Waals surface area (Å²) in [5.41, 5.74) is -0.585. The van der Waals surface area contributed by atoms with Crippen LogP contribution in [-0.4, -0.2) is 10.9 Å².